The van der Waals surface area contributed by atoms with Crippen LogP contribution in [0.15, 0.2) is 18.2 Å². The predicted molar refractivity (Wildman–Crippen MR) is 107 cm³/mol. The molecule has 1 aromatic rings. The molecule has 1 aromatic carbocycles. The van der Waals surface area contributed by atoms with Crippen LogP contribution in [0.4, 0.5) is 0 Å². The molecule has 1 amide bonds. The first-order valence-electron chi connectivity index (χ1n) is 10.5. The van der Waals surface area contributed by atoms with E-state index in [0.29, 0.717) is 13.1 Å². The highest BCUT2D eigenvalue weighted by atomic mass is 16.5. The minimum Gasteiger partial charge on any atom is -0.497 e. The molecule has 0 bridgehead atoms. The summed E-state index contributed by atoms with van der Waals surface area (Å²) in [6.45, 7) is 3.72. The average Bonchev–Trinajstić information content (AvgIpc) is 2.68. The van der Waals surface area contributed by atoms with Crippen LogP contribution in [0.1, 0.15) is 69.0 Å². The number of carbonyl (C=O) groups is 1. The van der Waals surface area contributed by atoms with Gasteiger partial charge in [-0.2, -0.15) is 0 Å². The molecule has 0 radical (unpaired) electrons. The third-order valence-electron chi connectivity index (χ3n) is 6.10. The molecule has 1 atom stereocenters. The second kappa shape index (κ2) is 9.07. The minimum absolute atomic E-state index is 0.134. The molecular weight excluding hydrogens is 340 g/mol. The zero-order valence-corrected chi connectivity index (χ0v) is 16.8. The maximum atomic E-state index is 12.9. The van der Waals surface area contributed by atoms with Gasteiger partial charge in [-0.25, -0.2) is 0 Å². The molecule has 1 heterocycles. The standard InChI is InChI=1S/C22H34N2O3/c1-3-7-20-19-9-8-18(27-2)14-17(19)10-13-24(20)21(25)15-23-16-22(26)11-5-4-6-12-22/h8-9,14,20,23,26H,3-7,10-13,15-16H2,1-2H3/t20-/m0/s1. The quantitative estimate of drug-likeness (QED) is 0.769. The number of hydrogen-bond donors (Lipinski definition) is 2. The topological polar surface area (TPSA) is 61.8 Å². The van der Waals surface area contributed by atoms with Gasteiger partial charge < -0.3 is 20.1 Å². The summed E-state index contributed by atoms with van der Waals surface area (Å²) in [4.78, 5) is 14.9. The fourth-order valence-corrected chi connectivity index (χ4v) is 4.59. The van der Waals surface area contributed by atoms with Gasteiger partial charge in [0, 0.05) is 13.1 Å². The molecule has 0 spiro atoms. The fraction of sp³-hybridized carbons (Fsp3) is 0.682. The summed E-state index contributed by atoms with van der Waals surface area (Å²) in [5.41, 5.74) is 1.91. The second-order valence-corrected chi connectivity index (χ2v) is 8.09. The van der Waals surface area contributed by atoms with Crippen molar-refractivity contribution < 1.29 is 14.6 Å². The van der Waals surface area contributed by atoms with Gasteiger partial charge in [0.05, 0.1) is 25.3 Å². The van der Waals surface area contributed by atoms with Crippen molar-refractivity contribution in [1.82, 2.24) is 10.2 Å². The molecule has 2 aliphatic rings. The smallest absolute Gasteiger partial charge is 0.237 e. The highest BCUT2D eigenvalue weighted by Gasteiger charge is 2.32. The molecule has 0 unspecified atom stereocenters. The summed E-state index contributed by atoms with van der Waals surface area (Å²) in [5, 5.41) is 13.8. The van der Waals surface area contributed by atoms with E-state index in [1.807, 2.05) is 11.0 Å². The SMILES string of the molecule is CCC[C@H]1c2ccc(OC)cc2CCN1C(=O)CNCC1(O)CCCCC1. The molecule has 1 aliphatic carbocycles. The van der Waals surface area contributed by atoms with E-state index in [2.05, 4.69) is 24.4 Å². The molecule has 2 N–H and O–H groups in total. The molecular formula is C22H34N2O3. The highest BCUT2D eigenvalue weighted by Crippen LogP contribution is 2.35. The number of methoxy groups -OCH3 is 1. The predicted octanol–water partition coefficient (Wildman–Crippen LogP) is 3.21. The molecule has 1 saturated carbocycles. The lowest BCUT2D eigenvalue weighted by Gasteiger charge is -2.38. The summed E-state index contributed by atoms with van der Waals surface area (Å²) in [6.07, 6.45) is 7.91. The van der Waals surface area contributed by atoms with Gasteiger partial charge in [-0.1, -0.05) is 38.7 Å². The summed E-state index contributed by atoms with van der Waals surface area (Å²) < 4.78 is 5.36. The van der Waals surface area contributed by atoms with Crippen molar-refractivity contribution >= 4 is 5.91 Å². The molecule has 1 aliphatic heterocycles. The molecule has 150 valence electrons. The Morgan fingerprint density at radius 2 is 2.11 bits per heavy atom. The van der Waals surface area contributed by atoms with Crippen LogP contribution in [-0.2, 0) is 11.2 Å². The van der Waals surface area contributed by atoms with Crippen LogP contribution in [0.2, 0.25) is 0 Å². The van der Waals surface area contributed by atoms with Gasteiger partial charge in [0.1, 0.15) is 5.75 Å². The highest BCUT2D eigenvalue weighted by molar-refractivity contribution is 5.79. The van der Waals surface area contributed by atoms with Gasteiger partial charge in [-0.3, -0.25) is 4.79 Å². The van der Waals surface area contributed by atoms with Crippen LogP contribution >= 0.6 is 0 Å². The van der Waals surface area contributed by atoms with Crippen molar-refractivity contribution in [2.45, 2.75) is 69.9 Å². The van der Waals surface area contributed by atoms with E-state index in [1.165, 1.54) is 17.5 Å². The van der Waals surface area contributed by atoms with Gasteiger partial charge in [0.2, 0.25) is 5.91 Å². The molecule has 0 saturated heterocycles. The van der Waals surface area contributed by atoms with Crippen molar-refractivity contribution in [3.8, 4) is 5.75 Å². The fourth-order valence-electron chi connectivity index (χ4n) is 4.59. The first kappa shape index (κ1) is 20.2. The number of fused-ring (bicyclic) bond motifs is 1. The zero-order valence-electron chi connectivity index (χ0n) is 16.8. The molecule has 5 nitrogen and oxygen atoms in total. The number of nitrogens with zero attached hydrogens (tertiary/aromatic N) is 1. The molecule has 3 rings (SSSR count). The maximum absolute atomic E-state index is 12.9. The van der Waals surface area contributed by atoms with Crippen LogP contribution < -0.4 is 10.1 Å². The Morgan fingerprint density at radius 1 is 1.33 bits per heavy atom. The Balaban J connectivity index is 1.62. The molecule has 0 aromatic heterocycles. The Morgan fingerprint density at radius 3 is 2.81 bits per heavy atom. The molecule has 1 fully saturated rings. The van der Waals surface area contributed by atoms with E-state index >= 15 is 0 Å². The summed E-state index contributed by atoms with van der Waals surface area (Å²) in [6, 6.07) is 6.35. The Kier molecular flexibility index (Phi) is 6.77. The number of carbonyl (C=O) groups excluding carboxylic acids is 1. The van der Waals surface area contributed by atoms with Crippen molar-refractivity contribution in [3.05, 3.63) is 29.3 Å². The lowest BCUT2D eigenvalue weighted by molar-refractivity contribution is -0.133. The van der Waals surface area contributed by atoms with Gasteiger partial charge in [-0.05, 0) is 48.9 Å². The third kappa shape index (κ3) is 4.82. The monoisotopic (exact) mass is 374 g/mol. The summed E-state index contributed by atoms with van der Waals surface area (Å²) in [5.74, 6) is 1.01. The average molecular weight is 375 g/mol. The van der Waals surface area contributed by atoms with Crippen LogP contribution in [0.5, 0.6) is 5.75 Å². The van der Waals surface area contributed by atoms with Gasteiger partial charge >= 0.3 is 0 Å². The van der Waals surface area contributed by atoms with Crippen LogP contribution in [-0.4, -0.2) is 48.3 Å². The Hall–Kier alpha value is -1.59. The van der Waals surface area contributed by atoms with E-state index in [1.54, 1.807) is 7.11 Å². The number of rotatable bonds is 7. The lowest BCUT2D eigenvalue weighted by Crippen LogP contribution is -2.48. The minimum atomic E-state index is -0.633. The number of ether oxygens (including phenoxy) is 1. The summed E-state index contributed by atoms with van der Waals surface area (Å²) in [7, 11) is 1.69. The van der Waals surface area contributed by atoms with Crippen molar-refractivity contribution in [3.63, 3.8) is 0 Å². The van der Waals surface area contributed by atoms with E-state index in [-0.39, 0.29) is 11.9 Å². The van der Waals surface area contributed by atoms with Gasteiger partial charge in [0.25, 0.3) is 0 Å². The number of nitrogens with one attached hydrogen (secondary N) is 1. The van der Waals surface area contributed by atoms with Crippen LogP contribution in [0.25, 0.3) is 0 Å². The van der Waals surface area contributed by atoms with Gasteiger partial charge in [0.15, 0.2) is 0 Å². The lowest BCUT2D eigenvalue weighted by atomic mass is 9.85. The Labute approximate surface area is 163 Å². The summed E-state index contributed by atoms with van der Waals surface area (Å²) >= 11 is 0. The van der Waals surface area contributed by atoms with E-state index in [4.69, 9.17) is 4.74 Å². The number of amides is 1. The van der Waals surface area contributed by atoms with E-state index in [9.17, 15) is 9.90 Å². The first-order valence-corrected chi connectivity index (χ1v) is 10.5. The zero-order chi connectivity index (χ0) is 19.3. The van der Waals surface area contributed by atoms with Crippen LogP contribution in [0.3, 0.4) is 0 Å². The van der Waals surface area contributed by atoms with Crippen molar-refractivity contribution in [2.24, 2.45) is 0 Å². The van der Waals surface area contributed by atoms with E-state index < -0.39 is 5.60 Å². The number of hydrogen-bond acceptors (Lipinski definition) is 4. The second-order valence-electron chi connectivity index (χ2n) is 8.09. The maximum Gasteiger partial charge on any atom is 0.237 e. The number of benzene rings is 1. The third-order valence-corrected chi connectivity index (χ3v) is 6.10. The van der Waals surface area contributed by atoms with Crippen molar-refractivity contribution in [1.29, 1.82) is 0 Å². The number of aliphatic hydroxyl groups is 1. The van der Waals surface area contributed by atoms with E-state index in [0.717, 1.165) is 57.2 Å². The molecule has 27 heavy (non-hydrogen) atoms. The van der Waals surface area contributed by atoms with Crippen LogP contribution in [0, 0.1) is 0 Å². The molecule has 5 heteroatoms. The van der Waals surface area contributed by atoms with Gasteiger partial charge in [-0.15, -0.1) is 0 Å². The Bertz CT molecular complexity index is 640. The largest absolute Gasteiger partial charge is 0.497 e. The first-order chi connectivity index (χ1) is 13.1. The normalized spacial score (nSPS) is 21.6. The van der Waals surface area contributed by atoms with Crippen molar-refractivity contribution in [2.75, 3.05) is 26.7 Å².